The van der Waals surface area contributed by atoms with Crippen molar-refractivity contribution in [2.24, 2.45) is 4.99 Å². The zero-order valence-electron chi connectivity index (χ0n) is 22.3. The summed E-state index contributed by atoms with van der Waals surface area (Å²) < 4.78 is 29.6. The molecule has 0 saturated carbocycles. The lowest BCUT2D eigenvalue weighted by molar-refractivity contribution is 0.0707. The molecule has 0 atom stereocenters. The number of nitrogens with one attached hydrogen (secondary N) is 2. The van der Waals surface area contributed by atoms with E-state index in [-0.39, 0.29) is 31.2 Å². The molecule has 2 N–H and O–H groups in total. The van der Waals surface area contributed by atoms with Crippen molar-refractivity contribution in [2.45, 2.75) is 32.9 Å². The fraction of sp³-hybridized carbons (Fsp3) is 0.250. The third-order valence-corrected chi connectivity index (χ3v) is 7.78. The van der Waals surface area contributed by atoms with E-state index in [0.29, 0.717) is 50.6 Å². The first-order chi connectivity index (χ1) is 19.9. The third-order valence-electron chi connectivity index (χ3n) is 7.54. The molecule has 0 radical (unpaired) electrons. The van der Waals surface area contributed by atoms with Crippen molar-refractivity contribution in [2.75, 3.05) is 25.5 Å². The number of rotatable bonds is 5. The number of carbonyl (C=O) groups excluding carboxylic acids is 1. The Hall–Kier alpha value is -4.21. The van der Waals surface area contributed by atoms with Crippen molar-refractivity contribution in [3.05, 3.63) is 106 Å². The molecule has 0 bridgehead atoms. The Morgan fingerprint density at radius 1 is 1.00 bits per heavy atom. The largest absolute Gasteiger partial charge is 0.339 e. The number of carbonyl (C=O) groups is 1. The summed E-state index contributed by atoms with van der Waals surface area (Å²) in [6.07, 6.45) is 3.53. The number of aliphatic imine (C=N–C) groups is 1. The van der Waals surface area contributed by atoms with Gasteiger partial charge in [-0.2, -0.15) is 0 Å². The molecule has 4 aromatic rings. The number of anilines is 2. The first-order valence-electron chi connectivity index (χ1n) is 13.4. The zero-order chi connectivity index (χ0) is 28.5. The molecular weight excluding hydrogens is 558 g/mol. The fourth-order valence-corrected chi connectivity index (χ4v) is 5.47. The Morgan fingerprint density at radius 3 is 2.40 bits per heavy atom. The Labute approximate surface area is 248 Å². The Balaban J connectivity index is 0.00000353. The van der Waals surface area contributed by atoms with E-state index in [4.69, 9.17) is 16.6 Å². The molecule has 1 fully saturated rings. The number of likely N-dealkylation sites (tertiary alicyclic amines) is 1. The van der Waals surface area contributed by atoms with Crippen molar-refractivity contribution >= 4 is 34.9 Å². The Kier molecular flexibility index (Phi) is 8.61. The molecule has 3 aromatic carbocycles. The van der Waals surface area contributed by atoms with Crippen molar-refractivity contribution < 1.29 is 13.6 Å². The summed E-state index contributed by atoms with van der Waals surface area (Å²) >= 11 is 6.31. The smallest absolute Gasteiger partial charge is 0.253 e. The standard InChI is InChI=1S/C31H27ClF2N6O.CH4/c1-35-21-11-13-40(14-12-21)30(41)18-5-8-22(9-6-18)38-31-37-17-19-16-36-29(27-25(33)3-2-4-26(27)34)24-15-20(32)7-10-23(24)28(19)39-31;/h2-10,15,17,21,35H,11-14,16H2,1H3,(H,37,38,39);1H4. The highest BCUT2D eigenvalue weighted by molar-refractivity contribution is 6.31. The second kappa shape index (κ2) is 12.3. The van der Waals surface area contributed by atoms with Crippen LogP contribution in [0.1, 0.15) is 47.3 Å². The zero-order valence-corrected chi connectivity index (χ0v) is 23.1. The van der Waals surface area contributed by atoms with Crippen LogP contribution in [0.2, 0.25) is 5.02 Å². The summed E-state index contributed by atoms with van der Waals surface area (Å²) in [5.41, 5.74) is 3.69. The second-order valence-corrected chi connectivity index (χ2v) is 10.5. The van der Waals surface area contributed by atoms with Crippen molar-refractivity contribution in [3.63, 3.8) is 0 Å². The van der Waals surface area contributed by atoms with Gasteiger partial charge in [0.1, 0.15) is 11.6 Å². The summed E-state index contributed by atoms with van der Waals surface area (Å²) in [6.45, 7) is 1.59. The first-order valence-corrected chi connectivity index (χ1v) is 13.8. The van der Waals surface area contributed by atoms with Crippen LogP contribution in [-0.4, -0.2) is 52.7 Å². The molecule has 1 amide bonds. The topological polar surface area (TPSA) is 82.5 Å². The van der Waals surface area contributed by atoms with Crippen molar-refractivity contribution in [1.82, 2.24) is 20.2 Å². The maximum atomic E-state index is 14.8. The minimum atomic E-state index is -0.710. The van der Waals surface area contributed by atoms with Gasteiger partial charge in [0, 0.05) is 58.3 Å². The number of aromatic nitrogens is 2. The maximum Gasteiger partial charge on any atom is 0.253 e. The molecule has 42 heavy (non-hydrogen) atoms. The third kappa shape index (κ3) is 5.75. The van der Waals surface area contributed by atoms with Gasteiger partial charge < -0.3 is 15.5 Å². The number of amides is 1. The summed E-state index contributed by atoms with van der Waals surface area (Å²) in [7, 11) is 1.95. The van der Waals surface area contributed by atoms with Gasteiger partial charge in [0.2, 0.25) is 5.95 Å². The van der Waals surface area contributed by atoms with Crippen molar-refractivity contribution in [1.29, 1.82) is 0 Å². The van der Waals surface area contributed by atoms with Crippen LogP contribution in [0.3, 0.4) is 0 Å². The lowest BCUT2D eigenvalue weighted by Crippen LogP contribution is -2.43. The predicted octanol–water partition coefficient (Wildman–Crippen LogP) is 6.63. The minimum absolute atomic E-state index is 0. The minimum Gasteiger partial charge on any atom is -0.339 e. The van der Waals surface area contributed by atoms with E-state index in [9.17, 15) is 13.6 Å². The van der Waals surface area contributed by atoms with E-state index >= 15 is 0 Å². The van der Waals surface area contributed by atoms with Gasteiger partial charge in [-0.25, -0.2) is 18.7 Å². The van der Waals surface area contributed by atoms with Crippen LogP contribution in [0.25, 0.3) is 11.3 Å². The quantitative estimate of drug-likeness (QED) is 0.273. The average Bonchev–Trinajstić information content (AvgIpc) is 3.14. The van der Waals surface area contributed by atoms with E-state index < -0.39 is 11.6 Å². The van der Waals surface area contributed by atoms with Crippen molar-refractivity contribution in [3.8, 4) is 11.3 Å². The van der Waals surface area contributed by atoms with E-state index in [1.54, 1.807) is 36.5 Å². The van der Waals surface area contributed by atoms with Crippen LogP contribution in [-0.2, 0) is 6.54 Å². The lowest BCUT2D eigenvalue weighted by atomic mass is 9.95. The van der Waals surface area contributed by atoms with Crippen LogP contribution >= 0.6 is 11.6 Å². The molecule has 7 nitrogen and oxygen atoms in total. The molecule has 0 spiro atoms. The molecule has 1 saturated heterocycles. The van der Waals surface area contributed by atoms with Gasteiger partial charge in [-0.15, -0.1) is 0 Å². The van der Waals surface area contributed by atoms with E-state index in [2.05, 4.69) is 20.6 Å². The summed E-state index contributed by atoms with van der Waals surface area (Å²) in [6, 6.07) is 16.5. The number of nitrogens with zero attached hydrogens (tertiary/aromatic N) is 4. The number of piperidine rings is 1. The maximum absolute atomic E-state index is 14.8. The molecule has 3 heterocycles. The highest BCUT2D eigenvalue weighted by atomic mass is 35.5. The Bertz CT molecular complexity index is 1630. The van der Waals surface area contributed by atoms with Gasteiger partial charge in [-0.05, 0) is 68.4 Å². The summed E-state index contributed by atoms with van der Waals surface area (Å²) in [5, 5.41) is 6.88. The molecule has 0 aliphatic carbocycles. The molecule has 10 heteroatoms. The fourth-order valence-electron chi connectivity index (χ4n) is 5.30. The monoisotopic (exact) mass is 588 g/mol. The molecule has 2 aliphatic heterocycles. The SMILES string of the molecule is C.CNC1CCN(C(=O)c2ccc(Nc3ncc4c(n3)-c3ccc(Cl)cc3C(c3c(F)cccc3F)=NC4)cc2)CC1. The van der Waals surface area contributed by atoms with Crippen LogP contribution < -0.4 is 10.6 Å². The lowest BCUT2D eigenvalue weighted by Gasteiger charge is -2.31. The van der Waals surface area contributed by atoms with E-state index in [0.717, 1.165) is 25.9 Å². The highest BCUT2D eigenvalue weighted by Crippen LogP contribution is 2.34. The molecule has 6 rings (SSSR count). The average molecular weight is 589 g/mol. The first kappa shape index (κ1) is 29.3. The molecule has 1 aromatic heterocycles. The normalized spacial score (nSPS) is 14.7. The number of halogens is 3. The Morgan fingerprint density at radius 2 is 1.71 bits per heavy atom. The van der Waals surface area contributed by atoms with Gasteiger partial charge in [0.25, 0.3) is 5.91 Å². The van der Waals surface area contributed by atoms with Gasteiger partial charge >= 0.3 is 0 Å². The molecule has 2 aliphatic rings. The van der Waals surface area contributed by atoms with Gasteiger partial charge in [0.05, 0.1) is 23.5 Å². The number of hydrogen-bond donors (Lipinski definition) is 2. The molecule has 0 unspecified atom stereocenters. The number of benzene rings is 3. The predicted molar refractivity (Wildman–Crippen MR) is 163 cm³/mol. The number of fused-ring (bicyclic) bond motifs is 3. The van der Waals surface area contributed by atoms with Gasteiger partial charge in [0.15, 0.2) is 0 Å². The van der Waals surface area contributed by atoms with Crippen LogP contribution in [0.15, 0.2) is 71.9 Å². The van der Waals surface area contributed by atoms with Crippen LogP contribution in [0.5, 0.6) is 0 Å². The number of hydrogen-bond acceptors (Lipinski definition) is 6. The van der Waals surface area contributed by atoms with Crippen LogP contribution in [0, 0.1) is 11.6 Å². The van der Waals surface area contributed by atoms with Gasteiger partial charge in [-0.1, -0.05) is 31.2 Å². The summed E-state index contributed by atoms with van der Waals surface area (Å²) in [4.78, 5) is 28.6. The van der Waals surface area contributed by atoms with Gasteiger partial charge in [-0.3, -0.25) is 9.79 Å². The molecule has 216 valence electrons. The highest BCUT2D eigenvalue weighted by Gasteiger charge is 2.26. The van der Waals surface area contributed by atoms with E-state index in [1.807, 2.05) is 24.1 Å². The molecular formula is C32H31ClF2N6O. The second-order valence-electron chi connectivity index (χ2n) is 10.1. The van der Waals surface area contributed by atoms with Crippen LogP contribution in [0.4, 0.5) is 20.4 Å². The summed E-state index contributed by atoms with van der Waals surface area (Å²) in [5.74, 6) is -1.07. The van der Waals surface area contributed by atoms with E-state index in [1.165, 1.54) is 18.2 Å².